The first-order valence-electron chi connectivity index (χ1n) is 3.83. The smallest absolute Gasteiger partial charge is 0.115 e. The first kappa shape index (κ1) is 7.32. The fourth-order valence-electron chi connectivity index (χ4n) is 1.42. The molecule has 0 saturated carbocycles. The van der Waals surface area contributed by atoms with Crippen LogP contribution in [-0.2, 0) is 10.3 Å². The molecule has 1 aromatic heterocycles. The van der Waals surface area contributed by atoms with E-state index < -0.39 is 0 Å². The van der Waals surface area contributed by atoms with Gasteiger partial charge in [-0.1, -0.05) is 0 Å². The molecule has 1 aliphatic rings. The van der Waals surface area contributed by atoms with Gasteiger partial charge in [-0.25, -0.2) is 0 Å². The summed E-state index contributed by atoms with van der Waals surface area (Å²) in [4.78, 5) is 2.79. The summed E-state index contributed by atoms with van der Waals surface area (Å²) >= 11 is 1.86. The van der Waals surface area contributed by atoms with Gasteiger partial charge in [0, 0.05) is 9.75 Å². The number of hydrogen-bond donors (Lipinski definition) is 0. The summed E-state index contributed by atoms with van der Waals surface area (Å²) < 4.78 is 5.38. The Labute approximate surface area is 71.0 Å². The number of hydrogen-bond acceptors (Lipinski definition) is 2. The van der Waals surface area contributed by atoms with E-state index in [4.69, 9.17) is 4.74 Å². The molecule has 0 spiro atoms. The minimum atomic E-state index is 0.0643. The molecule has 1 nitrogen and oxygen atoms in total. The van der Waals surface area contributed by atoms with Gasteiger partial charge >= 0.3 is 0 Å². The van der Waals surface area contributed by atoms with E-state index in [9.17, 15) is 0 Å². The lowest BCUT2D eigenvalue weighted by molar-refractivity contribution is 0.329. The second kappa shape index (κ2) is 2.08. The van der Waals surface area contributed by atoms with Crippen LogP contribution in [0.1, 0.15) is 22.2 Å². The summed E-state index contributed by atoms with van der Waals surface area (Å²) in [5.41, 5.74) is 1.45. The molecule has 1 saturated heterocycles. The Bertz CT molecular complexity index is 284. The molecule has 1 fully saturated rings. The van der Waals surface area contributed by atoms with Crippen molar-refractivity contribution in [3.05, 3.63) is 21.4 Å². The van der Waals surface area contributed by atoms with Crippen molar-refractivity contribution in [3.63, 3.8) is 0 Å². The van der Waals surface area contributed by atoms with Crippen LogP contribution in [0.25, 0.3) is 0 Å². The monoisotopic (exact) mass is 168 g/mol. The number of epoxide rings is 1. The van der Waals surface area contributed by atoms with Gasteiger partial charge in [0.25, 0.3) is 0 Å². The largest absolute Gasteiger partial charge is 0.365 e. The standard InChI is InChI=1S/C9H12OS/c1-6-4-8(7(2)11-6)9(3)5-10-9/h4H,5H2,1-3H3. The molecule has 2 heterocycles. The molecular weight excluding hydrogens is 156 g/mol. The van der Waals surface area contributed by atoms with Gasteiger partial charge in [-0.2, -0.15) is 0 Å². The second-order valence-electron chi connectivity index (χ2n) is 3.35. The minimum absolute atomic E-state index is 0.0643. The topological polar surface area (TPSA) is 12.5 Å². The van der Waals surface area contributed by atoms with Crippen LogP contribution in [0.5, 0.6) is 0 Å². The van der Waals surface area contributed by atoms with Gasteiger partial charge in [-0.3, -0.25) is 0 Å². The zero-order valence-corrected chi connectivity index (χ0v) is 7.92. The molecule has 60 valence electrons. The van der Waals surface area contributed by atoms with Crippen molar-refractivity contribution in [1.82, 2.24) is 0 Å². The number of thiophene rings is 1. The minimum Gasteiger partial charge on any atom is -0.365 e. The van der Waals surface area contributed by atoms with Crippen molar-refractivity contribution in [2.75, 3.05) is 6.61 Å². The van der Waals surface area contributed by atoms with Gasteiger partial charge in [-0.15, -0.1) is 11.3 Å². The van der Waals surface area contributed by atoms with Gasteiger partial charge in [0.15, 0.2) is 0 Å². The van der Waals surface area contributed by atoms with Crippen LogP contribution in [0.15, 0.2) is 6.07 Å². The van der Waals surface area contributed by atoms with Crippen LogP contribution in [0.2, 0.25) is 0 Å². The molecular formula is C9H12OS. The molecule has 0 radical (unpaired) electrons. The van der Waals surface area contributed by atoms with Gasteiger partial charge in [0.2, 0.25) is 0 Å². The molecule has 1 unspecified atom stereocenters. The molecule has 0 aliphatic carbocycles. The Balaban J connectivity index is 2.44. The average molecular weight is 168 g/mol. The maximum absolute atomic E-state index is 5.38. The lowest BCUT2D eigenvalue weighted by Crippen LogP contribution is -2.01. The van der Waals surface area contributed by atoms with Crippen molar-refractivity contribution in [2.24, 2.45) is 0 Å². The van der Waals surface area contributed by atoms with Crippen LogP contribution < -0.4 is 0 Å². The van der Waals surface area contributed by atoms with Crippen molar-refractivity contribution >= 4 is 11.3 Å². The maximum Gasteiger partial charge on any atom is 0.115 e. The predicted molar refractivity (Wildman–Crippen MR) is 47.1 cm³/mol. The van der Waals surface area contributed by atoms with Crippen LogP contribution in [0, 0.1) is 13.8 Å². The summed E-state index contributed by atoms with van der Waals surface area (Å²) in [7, 11) is 0. The van der Waals surface area contributed by atoms with E-state index in [2.05, 4.69) is 26.8 Å². The van der Waals surface area contributed by atoms with Crippen molar-refractivity contribution < 1.29 is 4.74 Å². The van der Waals surface area contributed by atoms with E-state index >= 15 is 0 Å². The highest BCUT2D eigenvalue weighted by atomic mass is 32.1. The first-order chi connectivity index (χ1) is 5.12. The molecule has 0 bridgehead atoms. The van der Waals surface area contributed by atoms with Crippen LogP contribution in [0.3, 0.4) is 0 Å². The summed E-state index contributed by atoms with van der Waals surface area (Å²) in [6.45, 7) is 7.36. The van der Waals surface area contributed by atoms with E-state index in [0.29, 0.717) is 0 Å². The zero-order valence-electron chi connectivity index (χ0n) is 7.10. The molecule has 1 aliphatic heterocycles. The molecule has 0 N–H and O–H groups in total. The number of ether oxygens (including phenoxy) is 1. The normalized spacial score (nSPS) is 29.0. The lowest BCUT2D eigenvalue weighted by Gasteiger charge is -2.01. The molecule has 0 amide bonds. The summed E-state index contributed by atoms with van der Waals surface area (Å²) in [6.07, 6.45) is 0. The quantitative estimate of drug-likeness (QED) is 0.587. The Morgan fingerprint density at radius 1 is 1.55 bits per heavy atom. The Kier molecular flexibility index (Phi) is 1.38. The number of rotatable bonds is 1. The lowest BCUT2D eigenvalue weighted by atomic mass is 10.0. The van der Waals surface area contributed by atoms with Gasteiger partial charge in [-0.05, 0) is 32.4 Å². The van der Waals surface area contributed by atoms with E-state index in [1.54, 1.807) is 0 Å². The zero-order chi connectivity index (χ0) is 8.06. The third kappa shape index (κ3) is 1.10. The Morgan fingerprint density at radius 2 is 2.18 bits per heavy atom. The maximum atomic E-state index is 5.38. The van der Waals surface area contributed by atoms with Crippen molar-refractivity contribution in [2.45, 2.75) is 26.4 Å². The van der Waals surface area contributed by atoms with Crippen LogP contribution in [0.4, 0.5) is 0 Å². The molecule has 2 rings (SSSR count). The average Bonchev–Trinajstić information content (AvgIpc) is 2.55. The summed E-state index contributed by atoms with van der Waals surface area (Å²) in [6, 6.07) is 2.24. The van der Waals surface area contributed by atoms with Crippen LogP contribution >= 0.6 is 11.3 Å². The summed E-state index contributed by atoms with van der Waals surface area (Å²) in [5.74, 6) is 0. The van der Waals surface area contributed by atoms with Gasteiger partial charge in [0.1, 0.15) is 5.60 Å². The molecule has 2 heteroatoms. The van der Waals surface area contributed by atoms with E-state index in [1.165, 1.54) is 15.3 Å². The predicted octanol–water partition coefficient (Wildman–Crippen LogP) is 2.61. The van der Waals surface area contributed by atoms with Gasteiger partial charge in [0.05, 0.1) is 6.61 Å². The van der Waals surface area contributed by atoms with Crippen LogP contribution in [-0.4, -0.2) is 6.61 Å². The van der Waals surface area contributed by atoms with E-state index in [1.807, 2.05) is 11.3 Å². The Morgan fingerprint density at radius 3 is 2.55 bits per heavy atom. The van der Waals surface area contributed by atoms with E-state index in [-0.39, 0.29) is 5.60 Å². The molecule has 0 aromatic carbocycles. The van der Waals surface area contributed by atoms with Crippen molar-refractivity contribution in [3.8, 4) is 0 Å². The highest BCUT2D eigenvalue weighted by molar-refractivity contribution is 7.12. The highest BCUT2D eigenvalue weighted by Gasteiger charge is 2.42. The van der Waals surface area contributed by atoms with Crippen molar-refractivity contribution in [1.29, 1.82) is 0 Å². The molecule has 1 aromatic rings. The fraction of sp³-hybridized carbons (Fsp3) is 0.556. The number of aryl methyl sites for hydroxylation is 2. The SMILES string of the molecule is Cc1cc(C2(C)CO2)c(C)s1. The van der Waals surface area contributed by atoms with E-state index in [0.717, 1.165) is 6.61 Å². The molecule has 1 atom stereocenters. The second-order valence-corrected chi connectivity index (χ2v) is 4.81. The fourth-order valence-corrected chi connectivity index (χ4v) is 2.46. The third-order valence-corrected chi connectivity index (χ3v) is 3.15. The highest BCUT2D eigenvalue weighted by Crippen LogP contribution is 2.42. The molecule has 11 heavy (non-hydrogen) atoms. The van der Waals surface area contributed by atoms with Gasteiger partial charge < -0.3 is 4.74 Å². The first-order valence-corrected chi connectivity index (χ1v) is 4.65. The Hall–Kier alpha value is -0.340. The third-order valence-electron chi connectivity index (χ3n) is 2.19. The summed E-state index contributed by atoms with van der Waals surface area (Å²) in [5, 5.41) is 0.